The molecule has 0 radical (unpaired) electrons. The van der Waals surface area contributed by atoms with E-state index in [4.69, 9.17) is 5.11 Å². The molecule has 13 heavy (non-hydrogen) atoms. The van der Waals surface area contributed by atoms with Crippen molar-refractivity contribution in [1.29, 1.82) is 0 Å². The second-order valence-electron chi connectivity index (χ2n) is 3.17. The Morgan fingerprint density at radius 2 is 2.23 bits per heavy atom. The van der Waals surface area contributed by atoms with Gasteiger partial charge in [-0.25, -0.2) is 4.39 Å². The molecular formula is C10H14FNO. The molecule has 1 aromatic rings. The van der Waals surface area contributed by atoms with E-state index in [1.165, 1.54) is 18.2 Å². The van der Waals surface area contributed by atoms with Crippen LogP contribution in [-0.2, 0) is 6.42 Å². The van der Waals surface area contributed by atoms with Gasteiger partial charge in [-0.3, -0.25) is 0 Å². The minimum Gasteiger partial charge on any atom is -0.508 e. The van der Waals surface area contributed by atoms with Crippen molar-refractivity contribution in [2.75, 3.05) is 7.05 Å². The molecule has 1 atom stereocenters. The van der Waals surface area contributed by atoms with E-state index in [1.54, 1.807) is 0 Å². The molecule has 0 bridgehead atoms. The van der Waals surface area contributed by atoms with Gasteiger partial charge < -0.3 is 10.4 Å². The van der Waals surface area contributed by atoms with Crippen LogP contribution >= 0.6 is 0 Å². The average Bonchev–Trinajstić information content (AvgIpc) is 2.11. The van der Waals surface area contributed by atoms with Crippen LogP contribution in [0, 0.1) is 5.82 Å². The van der Waals surface area contributed by atoms with Gasteiger partial charge in [-0.1, -0.05) is 0 Å². The summed E-state index contributed by atoms with van der Waals surface area (Å²) in [7, 11) is 1.82. The maximum absolute atomic E-state index is 13.1. The lowest BCUT2D eigenvalue weighted by Crippen LogP contribution is -2.23. The van der Waals surface area contributed by atoms with Crippen molar-refractivity contribution < 1.29 is 9.50 Å². The van der Waals surface area contributed by atoms with Crippen LogP contribution in [-0.4, -0.2) is 18.2 Å². The quantitative estimate of drug-likeness (QED) is 0.747. The molecule has 0 amide bonds. The standard InChI is InChI=1S/C10H14FNO/c1-7(12-2)5-8-6-9(13)3-4-10(8)11/h3-4,6-7,12-13H,5H2,1-2H3. The fourth-order valence-electron chi connectivity index (χ4n) is 1.15. The average molecular weight is 183 g/mol. The van der Waals surface area contributed by atoms with E-state index < -0.39 is 0 Å². The molecule has 0 heterocycles. The van der Waals surface area contributed by atoms with Crippen LogP contribution in [0.2, 0.25) is 0 Å². The smallest absolute Gasteiger partial charge is 0.126 e. The number of nitrogens with one attached hydrogen (secondary N) is 1. The Balaban J connectivity index is 2.81. The number of rotatable bonds is 3. The summed E-state index contributed by atoms with van der Waals surface area (Å²) < 4.78 is 13.1. The van der Waals surface area contributed by atoms with Crippen LogP contribution in [0.4, 0.5) is 4.39 Å². The Morgan fingerprint density at radius 3 is 2.85 bits per heavy atom. The van der Waals surface area contributed by atoms with Gasteiger partial charge >= 0.3 is 0 Å². The number of likely N-dealkylation sites (N-methyl/N-ethyl adjacent to an activating group) is 1. The summed E-state index contributed by atoms with van der Waals surface area (Å²) in [6, 6.07) is 4.30. The number of phenols is 1. The summed E-state index contributed by atoms with van der Waals surface area (Å²) in [6.45, 7) is 1.96. The van der Waals surface area contributed by atoms with Gasteiger partial charge in [0, 0.05) is 6.04 Å². The molecule has 0 aliphatic heterocycles. The van der Waals surface area contributed by atoms with E-state index in [-0.39, 0.29) is 17.6 Å². The van der Waals surface area contributed by atoms with Gasteiger partial charge in [0.05, 0.1) is 0 Å². The van der Waals surface area contributed by atoms with Crippen molar-refractivity contribution >= 4 is 0 Å². The number of phenolic OH excluding ortho intramolecular Hbond substituents is 1. The third-order valence-corrected chi connectivity index (χ3v) is 2.05. The van der Waals surface area contributed by atoms with E-state index in [0.29, 0.717) is 12.0 Å². The van der Waals surface area contributed by atoms with Crippen molar-refractivity contribution in [3.05, 3.63) is 29.6 Å². The monoisotopic (exact) mass is 183 g/mol. The van der Waals surface area contributed by atoms with Crippen molar-refractivity contribution in [2.24, 2.45) is 0 Å². The Morgan fingerprint density at radius 1 is 1.54 bits per heavy atom. The topological polar surface area (TPSA) is 32.3 Å². The van der Waals surface area contributed by atoms with E-state index in [1.807, 2.05) is 14.0 Å². The Hall–Kier alpha value is -1.09. The second-order valence-corrected chi connectivity index (χ2v) is 3.17. The maximum atomic E-state index is 13.1. The largest absolute Gasteiger partial charge is 0.508 e. The van der Waals surface area contributed by atoms with Crippen LogP contribution < -0.4 is 5.32 Å². The van der Waals surface area contributed by atoms with Gasteiger partial charge in [-0.2, -0.15) is 0 Å². The summed E-state index contributed by atoms with van der Waals surface area (Å²) in [4.78, 5) is 0. The summed E-state index contributed by atoms with van der Waals surface area (Å²) in [5, 5.41) is 12.1. The zero-order chi connectivity index (χ0) is 9.84. The number of benzene rings is 1. The fraction of sp³-hybridized carbons (Fsp3) is 0.400. The van der Waals surface area contributed by atoms with E-state index in [2.05, 4.69) is 5.32 Å². The first-order valence-corrected chi connectivity index (χ1v) is 4.28. The SMILES string of the molecule is CNC(C)Cc1cc(O)ccc1F. The van der Waals surface area contributed by atoms with Crippen molar-refractivity contribution in [3.8, 4) is 5.75 Å². The second kappa shape index (κ2) is 4.23. The molecule has 1 rings (SSSR count). The molecule has 1 aromatic carbocycles. The zero-order valence-electron chi connectivity index (χ0n) is 7.84. The van der Waals surface area contributed by atoms with Gasteiger partial charge in [-0.15, -0.1) is 0 Å². The Bertz CT molecular complexity index is 288. The lowest BCUT2D eigenvalue weighted by atomic mass is 10.1. The molecule has 72 valence electrons. The highest BCUT2D eigenvalue weighted by molar-refractivity contribution is 5.29. The molecule has 0 aliphatic carbocycles. The van der Waals surface area contributed by atoms with Gasteiger partial charge in [0.2, 0.25) is 0 Å². The Kier molecular flexibility index (Phi) is 3.25. The third-order valence-electron chi connectivity index (χ3n) is 2.05. The molecular weight excluding hydrogens is 169 g/mol. The summed E-state index contributed by atoms with van der Waals surface area (Å²) >= 11 is 0. The fourth-order valence-corrected chi connectivity index (χ4v) is 1.15. The van der Waals surface area contributed by atoms with Gasteiger partial charge in [0.25, 0.3) is 0 Å². The predicted molar refractivity (Wildman–Crippen MR) is 50.3 cm³/mol. The predicted octanol–water partition coefficient (Wildman–Crippen LogP) is 1.68. The highest BCUT2D eigenvalue weighted by Gasteiger charge is 2.06. The summed E-state index contributed by atoms with van der Waals surface area (Å²) in [6.07, 6.45) is 0.580. The molecule has 0 saturated heterocycles. The number of hydrogen-bond acceptors (Lipinski definition) is 2. The molecule has 0 saturated carbocycles. The van der Waals surface area contributed by atoms with Gasteiger partial charge in [-0.05, 0) is 44.2 Å². The molecule has 2 N–H and O–H groups in total. The van der Waals surface area contributed by atoms with Crippen LogP contribution in [0.5, 0.6) is 5.75 Å². The first kappa shape index (κ1) is 9.99. The zero-order valence-corrected chi connectivity index (χ0v) is 7.84. The van der Waals surface area contributed by atoms with Gasteiger partial charge in [0.15, 0.2) is 0 Å². The molecule has 3 heteroatoms. The highest BCUT2D eigenvalue weighted by atomic mass is 19.1. The van der Waals surface area contributed by atoms with Gasteiger partial charge in [0.1, 0.15) is 11.6 Å². The molecule has 1 unspecified atom stereocenters. The lowest BCUT2D eigenvalue weighted by molar-refractivity contribution is 0.469. The molecule has 0 fully saturated rings. The maximum Gasteiger partial charge on any atom is 0.126 e. The summed E-state index contributed by atoms with van der Waals surface area (Å²) in [5.41, 5.74) is 0.543. The normalized spacial score (nSPS) is 12.8. The summed E-state index contributed by atoms with van der Waals surface area (Å²) in [5.74, 6) is -0.153. The van der Waals surface area contributed by atoms with Crippen LogP contribution in [0.25, 0.3) is 0 Å². The van der Waals surface area contributed by atoms with Crippen LogP contribution in [0.1, 0.15) is 12.5 Å². The minimum atomic E-state index is -0.264. The molecule has 0 spiro atoms. The third kappa shape index (κ3) is 2.70. The molecule has 0 aliphatic rings. The first-order valence-electron chi connectivity index (χ1n) is 4.28. The first-order chi connectivity index (χ1) is 6.13. The van der Waals surface area contributed by atoms with E-state index in [9.17, 15) is 4.39 Å². The molecule has 0 aromatic heterocycles. The van der Waals surface area contributed by atoms with E-state index in [0.717, 1.165) is 0 Å². The van der Waals surface area contributed by atoms with Crippen molar-refractivity contribution in [1.82, 2.24) is 5.32 Å². The molecule has 2 nitrogen and oxygen atoms in total. The highest BCUT2D eigenvalue weighted by Crippen LogP contribution is 2.16. The van der Waals surface area contributed by atoms with Crippen LogP contribution in [0.3, 0.4) is 0 Å². The number of hydrogen-bond donors (Lipinski definition) is 2. The van der Waals surface area contributed by atoms with Crippen LogP contribution in [0.15, 0.2) is 18.2 Å². The van der Waals surface area contributed by atoms with Crippen molar-refractivity contribution in [3.63, 3.8) is 0 Å². The minimum absolute atomic E-state index is 0.111. The van der Waals surface area contributed by atoms with Crippen molar-refractivity contribution in [2.45, 2.75) is 19.4 Å². The van der Waals surface area contributed by atoms with E-state index >= 15 is 0 Å². The Labute approximate surface area is 77.4 Å². The number of halogens is 1. The number of aromatic hydroxyl groups is 1. The lowest BCUT2D eigenvalue weighted by Gasteiger charge is -2.10.